The van der Waals surface area contributed by atoms with Crippen molar-refractivity contribution in [3.8, 4) is 11.5 Å². The molecule has 2 heterocycles. The van der Waals surface area contributed by atoms with E-state index in [0.717, 1.165) is 39.1 Å². The van der Waals surface area contributed by atoms with Gasteiger partial charge in [0.15, 0.2) is 0 Å². The van der Waals surface area contributed by atoms with Crippen LogP contribution in [0, 0.1) is 0 Å². The van der Waals surface area contributed by atoms with Gasteiger partial charge in [0.25, 0.3) is 0 Å². The van der Waals surface area contributed by atoms with Crippen LogP contribution in [0.15, 0.2) is 18.1 Å². The number of thiophene rings is 1. The summed E-state index contributed by atoms with van der Waals surface area (Å²) in [7, 11) is 0. The Morgan fingerprint density at radius 2 is 2.17 bits per heavy atom. The van der Waals surface area contributed by atoms with Crippen LogP contribution in [0.25, 0.3) is 11.5 Å². The van der Waals surface area contributed by atoms with Crippen LogP contribution in [-0.2, 0) is 6.42 Å². The van der Waals surface area contributed by atoms with Crippen molar-refractivity contribution in [1.82, 2.24) is 15.5 Å². The Labute approximate surface area is 126 Å². The molecule has 18 heavy (non-hydrogen) atoms. The van der Waals surface area contributed by atoms with Crippen LogP contribution in [0.3, 0.4) is 0 Å². The molecule has 0 amide bonds. The van der Waals surface area contributed by atoms with Gasteiger partial charge in [0, 0.05) is 13.0 Å². The maximum absolute atomic E-state index is 5.64. The van der Waals surface area contributed by atoms with Gasteiger partial charge in [0.1, 0.15) is 0 Å². The predicted molar refractivity (Wildman–Crippen MR) is 79.9 cm³/mol. The van der Waals surface area contributed by atoms with Gasteiger partial charge in [-0.25, -0.2) is 0 Å². The molecule has 98 valence electrons. The summed E-state index contributed by atoms with van der Waals surface area (Å²) in [5, 5.41) is 11.4. The highest BCUT2D eigenvalue weighted by Crippen LogP contribution is 2.37. The summed E-state index contributed by atoms with van der Waals surface area (Å²) in [5.74, 6) is 1.23. The van der Waals surface area contributed by atoms with E-state index in [9.17, 15) is 0 Å². The van der Waals surface area contributed by atoms with Gasteiger partial charge in [-0.2, -0.15) is 0 Å². The minimum Gasteiger partial charge on any atom is -0.421 e. The zero-order chi connectivity index (χ0) is 13.0. The molecule has 0 atom stereocenters. The van der Waals surface area contributed by atoms with E-state index >= 15 is 0 Å². The minimum atomic E-state index is 0.564. The monoisotopic (exact) mass is 393 g/mol. The molecular weight excluding hydrogens is 382 g/mol. The number of aromatic nitrogens is 2. The Balaban J connectivity index is 1.99. The molecule has 0 saturated heterocycles. The van der Waals surface area contributed by atoms with E-state index in [2.05, 4.69) is 54.3 Å². The van der Waals surface area contributed by atoms with Crippen LogP contribution >= 0.6 is 43.2 Å². The third kappa shape index (κ3) is 3.63. The van der Waals surface area contributed by atoms with E-state index in [1.807, 2.05) is 6.07 Å². The van der Waals surface area contributed by atoms with Crippen molar-refractivity contribution in [2.45, 2.75) is 19.8 Å². The van der Waals surface area contributed by atoms with Gasteiger partial charge in [0.2, 0.25) is 11.8 Å². The minimum absolute atomic E-state index is 0.564. The van der Waals surface area contributed by atoms with Crippen LogP contribution in [0.2, 0.25) is 0 Å². The van der Waals surface area contributed by atoms with Gasteiger partial charge in [0.05, 0.1) is 13.1 Å². The average molecular weight is 395 g/mol. The number of hydrogen-bond donors (Lipinski definition) is 1. The van der Waals surface area contributed by atoms with Crippen LogP contribution in [0.4, 0.5) is 0 Å². The lowest BCUT2D eigenvalue weighted by atomic mass is 10.3. The number of nitrogens with zero attached hydrogens (tertiary/aromatic N) is 2. The van der Waals surface area contributed by atoms with Crippen molar-refractivity contribution in [1.29, 1.82) is 0 Å². The predicted octanol–water partition coefficient (Wildman–Crippen LogP) is 3.87. The van der Waals surface area contributed by atoms with Crippen molar-refractivity contribution >= 4 is 43.2 Å². The largest absolute Gasteiger partial charge is 0.421 e. The molecule has 2 rings (SSSR count). The molecule has 0 aliphatic heterocycles. The fraction of sp³-hybridized carbons (Fsp3) is 0.455. The molecule has 0 aliphatic rings. The second-order valence-corrected chi connectivity index (χ2v) is 7.49. The summed E-state index contributed by atoms with van der Waals surface area (Å²) in [5.41, 5.74) is 0.937. The molecular formula is C11H13Br2N3OS. The van der Waals surface area contributed by atoms with Crippen molar-refractivity contribution in [3.05, 3.63) is 19.5 Å². The molecule has 4 nitrogen and oxygen atoms in total. The summed E-state index contributed by atoms with van der Waals surface area (Å²) in [6.07, 6.45) is 1.89. The van der Waals surface area contributed by atoms with Gasteiger partial charge < -0.3 is 9.73 Å². The third-order valence-corrected chi connectivity index (χ3v) is 4.64. The molecule has 0 spiro atoms. The smallest absolute Gasteiger partial charge is 0.249 e. The molecule has 0 bridgehead atoms. The summed E-state index contributed by atoms with van der Waals surface area (Å²) in [6, 6.07) is 1.97. The molecule has 0 unspecified atom stereocenters. The first-order valence-electron chi connectivity index (χ1n) is 5.69. The van der Waals surface area contributed by atoms with Gasteiger partial charge in [-0.05, 0) is 50.9 Å². The number of hydrogen-bond acceptors (Lipinski definition) is 5. The zero-order valence-corrected chi connectivity index (χ0v) is 13.9. The molecule has 7 heteroatoms. The maximum atomic E-state index is 5.64. The van der Waals surface area contributed by atoms with Crippen LogP contribution in [0.5, 0.6) is 0 Å². The Morgan fingerprint density at radius 3 is 2.83 bits per heavy atom. The molecule has 1 N–H and O–H groups in total. The van der Waals surface area contributed by atoms with Crippen LogP contribution < -0.4 is 5.32 Å². The van der Waals surface area contributed by atoms with Crippen LogP contribution in [0.1, 0.15) is 19.2 Å². The number of rotatable bonds is 6. The van der Waals surface area contributed by atoms with Gasteiger partial charge in [-0.3, -0.25) is 0 Å². The standard InChI is InChI=1S/C11H13Br2N3OS/c1-2-4-14-5-3-9-15-16-11(17-9)7-6-8(12)18-10(7)13/h6,14H,2-5H2,1H3. The average Bonchev–Trinajstić information content (AvgIpc) is 2.91. The van der Waals surface area contributed by atoms with E-state index in [0.29, 0.717) is 11.8 Å². The van der Waals surface area contributed by atoms with Gasteiger partial charge in [-0.1, -0.05) is 6.92 Å². The lowest BCUT2D eigenvalue weighted by Gasteiger charge is -1.98. The topological polar surface area (TPSA) is 51.0 Å². The number of nitrogens with one attached hydrogen (secondary N) is 1. The molecule has 0 saturated carbocycles. The first-order valence-corrected chi connectivity index (χ1v) is 8.09. The molecule has 0 fully saturated rings. The molecule has 2 aromatic heterocycles. The van der Waals surface area contributed by atoms with E-state index < -0.39 is 0 Å². The maximum Gasteiger partial charge on any atom is 0.249 e. The highest BCUT2D eigenvalue weighted by atomic mass is 79.9. The van der Waals surface area contributed by atoms with Gasteiger partial charge in [-0.15, -0.1) is 21.5 Å². The van der Waals surface area contributed by atoms with E-state index in [4.69, 9.17) is 4.42 Å². The second kappa shape index (κ2) is 6.79. The molecule has 2 aromatic rings. The molecule has 0 aromatic carbocycles. The Bertz CT molecular complexity index is 512. The summed E-state index contributed by atoms with van der Waals surface area (Å²) < 4.78 is 7.67. The third-order valence-electron chi connectivity index (χ3n) is 2.30. The normalized spacial score (nSPS) is 11.1. The highest BCUT2D eigenvalue weighted by Gasteiger charge is 2.14. The number of halogens is 2. The Morgan fingerprint density at radius 1 is 1.33 bits per heavy atom. The van der Waals surface area contributed by atoms with Gasteiger partial charge >= 0.3 is 0 Å². The fourth-order valence-corrected chi connectivity index (χ4v) is 4.22. The van der Waals surface area contributed by atoms with Crippen molar-refractivity contribution < 1.29 is 4.42 Å². The van der Waals surface area contributed by atoms with E-state index in [-0.39, 0.29) is 0 Å². The summed E-state index contributed by atoms with van der Waals surface area (Å²) in [4.78, 5) is 0. The molecule has 0 aliphatic carbocycles. The van der Waals surface area contributed by atoms with E-state index in [1.54, 1.807) is 11.3 Å². The zero-order valence-electron chi connectivity index (χ0n) is 9.87. The lowest BCUT2D eigenvalue weighted by Crippen LogP contribution is -2.17. The quantitative estimate of drug-likeness (QED) is 0.755. The summed E-state index contributed by atoms with van der Waals surface area (Å²) in [6.45, 7) is 4.03. The Kier molecular flexibility index (Phi) is 5.35. The van der Waals surface area contributed by atoms with Crippen LogP contribution in [-0.4, -0.2) is 23.3 Å². The highest BCUT2D eigenvalue weighted by molar-refractivity contribution is 9.12. The molecule has 0 radical (unpaired) electrons. The SMILES string of the molecule is CCCNCCc1nnc(-c2cc(Br)sc2Br)o1. The first kappa shape index (κ1) is 14.2. The first-order chi connectivity index (χ1) is 8.70. The van der Waals surface area contributed by atoms with Crippen molar-refractivity contribution in [3.63, 3.8) is 0 Å². The van der Waals surface area contributed by atoms with Crippen molar-refractivity contribution in [2.24, 2.45) is 0 Å². The second-order valence-electron chi connectivity index (χ2n) is 3.74. The Hall–Kier alpha value is -0.240. The lowest BCUT2D eigenvalue weighted by molar-refractivity contribution is 0.494. The fourth-order valence-electron chi connectivity index (χ4n) is 1.45. The van der Waals surface area contributed by atoms with E-state index in [1.165, 1.54) is 0 Å². The van der Waals surface area contributed by atoms with Crippen molar-refractivity contribution in [2.75, 3.05) is 13.1 Å². The summed E-state index contributed by atoms with van der Waals surface area (Å²) >= 11 is 8.51.